The molecule has 0 aliphatic heterocycles. The maximum absolute atomic E-state index is 10.0. The molecule has 0 aromatic carbocycles. The Morgan fingerprint density at radius 3 is 2.00 bits per heavy atom. The Bertz CT molecular complexity index is 346. The van der Waals surface area contributed by atoms with Crippen LogP contribution >= 0.6 is 12.4 Å². The second-order valence-corrected chi connectivity index (χ2v) is 5.34. The lowest BCUT2D eigenvalue weighted by molar-refractivity contribution is -0.873. The molecule has 5 N–H and O–H groups in total. The summed E-state index contributed by atoms with van der Waals surface area (Å²) < 4.78 is 0.550. The number of aliphatic hydroxyl groups excluding tert-OH is 1. The number of likely N-dealkylation sites (N-methyl/N-ethyl adjacent to an activating group) is 2. The number of carboxylic acid groups (broad SMARTS) is 2. The third-order valence-corrected chi connectivity index (χ3v) is 1.94. The molecule has 0 fully saturated rings. The fourth-order valence-electron chi connectivity index (χ4n) is 1.18. The summed E-state index contributed by atoms with van der Waals surface area (Å²) in [6.07, 6.45) is -1.09. The first kappa shape index (κ1) is 24.4. The fraction of sp³-hybridized carbons (Fsp3) is 0.727. The molecule has 0 saturated heterocycles. The fourth-order valence-corrected chi connectivity index (χ4v) is 1.18. The molecule has 0 aromatic heterocycles. The standard InChI is InChI=1S/C7H15NO3.C4H9N3O2.ClH/c1-8(2,3)5-6(9)4-7(10)11;1-7(4(5)6)2-3(8)9;/h6,9H,4-5H2,1-3H3;2H2,1H3,(H3,5,6)(H,8,9);1H. The monoisotopic (exact) mass is 328 g/mol. The number of hydrogen-bond acceptors (Lipinski definition) is 5. The van der Waals surface area contributed by atoms with Crippen LogP contribution in [0.2, 0.25) is 0 Å². The summed E-state index contributed by atoms with van der Waals surface area (Å²) in [5.74, 6) is -2.43. The predicted molar refractivity (Wildman–Crippen MR) is 78.0 cm³/mol. The van der Waals surface area contributed by atoms with Crippen molar-refractivity contribution >= 4 is 30.3 Å². The van der Waals surface area contributed by atoms with Crippen LogP contribution in [0.1, 0.15) is 6.42 Å². The van der Waals surface area contributed by atoms with E-state index in [4.69, 9.17) is 21.4 Å². The summed E-state index contributed by atoms with van der Waals surface area (Å²) in [6.45, 7) is 0.198. The number of aliphatic hydroxyl groups is 1. The number of halogens is 1. The Hall–Kier alpha value is -1.58. The summed E-state index contributed by atoms with van der Waals surface area (Å²) >= 11 is 0. The molecule has 10 heteroatoms. The van der Waals surface area contributed by atoms with Crippen molar-refractivity contribution in [3.05, 3.63) is 0 Å². The molecule has 21 heavy (non-hydrogen) atoms. The number of hydrogen-bond donors (Lipinski definition) is 4. The summed E-state index contributed by atoms with van der Waals surface area (Å²) in [6, 6.07) is 0. The minimum absolute atomic E-state index is 0. The molecule has 0 aromatic rings. The van der Waals surface area contributed by atoms with E-state index in [1.807, 2.05) is 21.1 Å². The molecule has 0 saturated carbocycles. The number of carbonyl (C=O) groups is 2. The predicted octanol–water partition coefficient (Wildman–Crippen LogP) is -2.49. The molecule has 0 aliphatic carbocycles. The van der Waals surface area contributed by atoms with E-state index in [2.05, 4.69) is 0 Å². The van der Waals surface area contributed by atoms with Gasteiger partial charge in [-0.2, -0.15) is 0 Å². The van der Waals surface area contributed by atoms with Crippen LogP contribution in [0.25, 0.3) is 0 Å². The number of carboxylic acids is 2. The normalized spacial score (nSPS) is 11.3. The van der Waals surface area contributed by atoms with Crippen LogP contribution in [0, 0.1) is 5.41 Å². The molecular weight excluding hydrogens is 304 g/mol. The van der Waals surface area contributed by atoms with Crippen molar-refractivity contribution in [1.29, 1.82) is 5.41 Å². The van der Waals surface area contributed by atoms with Crippen molar-refractivity contribution in [2.45, 2.75) is 12.5 Å². The van der Waals surface area contributed by atoms with E-state index in [-0.39, 0.29) is 31.3 Å². The Morgan fingerprint density at radius 1 is 1.38 bits per heavy atom. The Morgan fingerprint density at radius 2 is 1.81 bits per heavy atom. The zero-order chi connectivity index (χ0) is 16.5. The maximum atomic E-state index is 10.0. The summed E-state index contributed by atoms with van der Waals surface area (Å²) in [4.78, 5) is 21.1. The average Bonchev–Trinajstić information content (AvgIpc) is 2.12. The number of nitrogens with one attached hydrogen (secondary N) is 1. The first-order valence-electron chi connectivity index (χ1n) is 5.80. The number of aliphatic carboxylic acids is 2. The van der Waals surface area contributed by atoms with Gasteiger partial charge >= 0.3 is 5.97 Å². The van der Waals surface area contributed by atoms with Gasteiger partial charge in [-0.15, -0.1) is 12.4 Å². The minimum Gasteiger partial charge on any atom is -0.550 e. The number of carbonyl (C=O) groups excluding carboxylic acids is 1. The lowest BCUT2D eigenvalue weighted by Gasteiger charge is -2.26. The van der Waals surface area contributed by atoms with Crippen LogP contribution in [0.15, 0.2) is 0 Å². The number of quaternary nitrogens is 1. The third-order valence-electron chi connectivity index (χ3n) is 1.94. The van der Waals surface area contributed by atoms with Gasteiger partial charge in [0, 0.05) is 19.4 Å². The van der Waals surface area contributed by atoms with Gasteiger partial charge in [-0.1, -0.05) is 0 Å². The number of nitrogens with zero attached hydrogens (tertiary/aromatic N) is 2. The minimum atomic E-state index is -1.20. The molecule has 1 atom stereocenters. The van der Waals surface area contributed by atoms with Crippen molar-refractivity contribution in [2.75, 3.05) is 41.3 Å². The van der Waals surface area contributed by atoms with Gasteiger partial charge in [-0.25, -0.2) is 0 Å². The van der Waals surface area contributed by atoms with Gasteiger partial charge in [0.05, 0.1) is 21.1 Å². The van der Waals surface area contributed by atoms with Crippen molar-refractivity contribution in [3.8, 4) is 0 Å². The highest BCUT2D eigenvalue weighted by Gasteiger charge is 2.14. The Balaban J connectivity index is -0.000000300. The van der Waals surface area contributed by atoms with E-state index >= 15 is 0 Å². The van der Waals surface area contributed by atoms with Gasteiger partial charge in [0.15, 0.2) is 5.96 Å². The smallest absolute Gasteiger partial charge is 0.323 e. The van der Waals surface area contributed by atoms with Gasteiger partial charge < -0.3 is 35.2 Å². The molecule has 9 nitrogen and oxygen atoms in total. The molecular formula is C11H25ClN4O5. The molecule has 0 radical (unpaired) electrons. The number of guanidine groups is 1. The zero-order valence-electron chi connectivity index (χ0n) is 12.7. The van der Waals surface area contributed by atoms with E-state index < -0.39 is 18.0 Å². The van der Waals surface area contributed by atoms with Gasteiger partial charge in [-0.3, -0.25) is 10.2 Å². The molecule has 0 rings (SSSR count). The van der Waals surface area contributed by atoms with Gasteiger partial charge in [-0.05, 0) is 0 Å². The van der Waals surface area contributed by atoms with Crippen molar-refractivity contribution in [1.82, 2.24) is 4.90 Å². The highest BCUT2D eigenvalue weighted by atomic mass is 35.5. The largest absolute Gasteiger partial charge is 0.550 e. The molecule has 0 bridgehead atoms. The highest BCUT2D eigenvalue weighted by molar-refractivity contribution is 5.85. The lowest BCUT2D eigenvalue weighted by atomic mass is 10.2. The Labute approximate surface area is 130 Å². The molecule has 1 unspecified atom stereocenters. The molecule has 0 spiro atoms. The van der Waals surface area contributed by atoms with Gasteiger partial charge in [0.25, 0.3) is 0 Å². The van der Waals surface area contributed by atoms with Crippen molar-refractivity contribution in [2.24, 2.45) is 5.73 Å². The van der Waals surface area contributed by atoms with Crippen LogP contribution in [-0.2, 0) is 9.59 Å². The van der Waals surface area contributed by atoms with Crippen LogP contribution < -0.4 is 10.8 Å². The van der Waals surface area contributed by atoms with E-state index in [1.165, 1.54) is 7.05 Å². The molecule has 126 valence electrons. The number of rotatable bonds is 6. The second-order valence-electron chi connectivity index (χ2n) is 5.34. The van der Waals surface area contributed by atoms with Crippen molar-refractivity contribution in [3.63, 3.8) is 0 Å². The first-order valence-corrected chi connectivity index (χ1v) is 5.80. The SMILES string of the molecule is CN(CC(=O)O)C(=N)N.C[N+](C)(C)CC(O)CC(=O)[O-].Cl. The van der Waals surface area contributed by atoms with E-state index in [0.717, 1.165) is 4.90 Å². The average molecular weight is 329 g/mol. The summed E-state index contributed by atoms with van der Waals surface area (Å²) in [7, 11) is 7.10. The van der Waals surface area contributed by atoms with Crippen LogP contribution in [0.5, 0.6) is 0 Å². The topological polar surface area (TPSA) is 151 Å². The molecule has 0 amide bonds. The van der Waals surface area contributed by atoms with Gasteiger partial charge in [0.1, 0.15) is 19.2 Å². The van der Waals surface area contributed by atoms with Crippen molar-refractivity contribution < 1.29 is 29.4 Å². The van der Waals surface area contributed by atoms with Gasteiger partial charge in [0.2, 0.25) is 0 Å². The Kier molecular flexibility index (Phi) is 12.9. The highest BCUT2D eigenvalue weighted by Crippen LogP contribution is 1.97. The zero-order valence-corrected chi connectivity index (χ0v) is 13.5. The molecule has 0 aliphatic rings. The number of nitrogens with two attached hydrogens (primary N) is 1. The third kappa shape index (κ3) is 20.9. The lowest BCUT2D eigenvalue weighted by Crippen LogP contribution is -2.43. The van der Waals surface area contributed by atoms with Crippen LogP contribution in [-0.4, -0.2) is 84.9 Å². The first-order chi connectivity index (χ1) is 8.85. The molecule has 0 heterocycles. The maximum Gasteiger partial charge on any atom is 0.323 e. The van der Waals surface area contributed by atoms with Crippen LogP contribution in [0.4, 0.5) is 0 Å². The van der Waals surface area contributed by atoms with Crippen LogP contribution in [0.3, 0.4) is 0 Å². The van der Waals surface area contributed by atoms with E-state index in [9.17, 15) is 14.7 Å². The summed E-state index contributed by atoms with van der Waals surface area (Å²) in [5, 5.41) is 34.0. The summed E-state index contributed by atoms with van der Waals surface area (Å²) in [5.41, 5.74) is 4.93. The van der Waals surface area contributed by atoms with E-state index in [0.29, 0.717) is 11.0 Å². The quantitative estimate of drug-likeness (QED) is 0.239. The van der Waals surface area contributed by atoms with E-state index in [1.54, 1.807) is 0 Å². The second kappa shape index (κ2) is 11.1.